The molecule has 0 aromatic heterocycles. The Bertz CT molecular complexity index is 433. The van der Waals surface area contributed by atoms with E-state index >= 15 is 0 Å². The quantitative estimate of drug-likeness (QED) is 0.900. The van der Waals surface area contributed by atoms with Crippen LogP contribution >= 0.6 is 11.6 Å². The Hall–Kier alpha value is -0.570. The first-order valence-electron chi connectivity index (χ1n) is 7.72. The Kier molecular flexibility index (Phi) is 5.48. The number of likely N-dealkylation sites (N-methyl/N-ethyl adjacent to an activating group) is 1. The summed E-state index contributed by atoms with van der Waals surface area (Å²) in [6.07, 6.45) is 5.22. The molecule has 1 aromatic rings. The van der Waals surface area contributed by atoms with Gasteiger partial charge >= 0.3 is 0 Å². The number of benzene rings is 1. The fourth-order valence-electron chi connectivity index (χ4n) is 3.59. The van der Waals surface area contributed by atoms with E-state index in [1.807, 2.05) is 18.2 Å². The number of halogens is 1. The second-order valence-electron chi connectivity index (χ2n) is 6.42. The second-order valence-corrected chi connectivity index (χ2v) is 6.82. The highest BCUT2D eigenvalue weighted by Gasteiger charge is 2.30. The van der Waals surface area contributed by atoms with E-state index < -0.39 is 0 Å². The van der Waals surface area contributed by atoms with Crippen LogP contribution < -0.4 is 5.73 Å². The standard InChI is InChI=1S/C17H27ClN2/c1-12-7-6-8-14(11-12)20(3)17(13(2)19)15-9-4-5-10-16(15)18/h4-5,9-10,12-14,17H,6-8,11,19H2,1-3H3. The fraction of sp³-hybridized carbons (Fsp3) is 0.647. The first kappa shape index (κ1) is 15.8. The maximum absolute atomic E-state index is 6.39. The molecule has 1 fully saturated rings. The maximum atomic E-state index is 6.39. The summed E-state index contributed by atoms with van der Waals surface area (Å²) < 4.78 is 0. The van der Waals surface area contributed by atoms with Gasteiger partial charge in [-0.2, -0.15) is 0 Å². The summed E-state index contributed by atoms with van der Waals surface area (Å²) >= 11 is 6.39. The van der Waals surface area contributed by atoms with E-state index in [4.69, 9.17) is 17.3 Å². The predicted octanol–water partition coefficient (Wildman–Crippen LogP) is 4.24. The van der Waals surface area contributed by atoms with Gasteiger partial charge < -0.3 is 5.73 Å². The Labute approximate surface area is 128 Å². The first-order chi connectivity index (χ1) is 9.50. The van der Waals surface area contributed by atoms with Crippen molar-refractivity contribution < 1.29 is 0 Å². The number of hydrogen-bond donors (Lipinski definition) is 1. The van der Waals surface area contributed by atoms with Crippen molar-refractivity contribution >= 4 is 11.6 Å². The molecule has 2 rings (SSSR count). The van der Waals surface area contributed by atoms with E-state index in [-0.39, 0.29) is 12.1 Å². The Morgan fingerprint density at radius 3 is 2.60 bits per heavy atom. The Morgan fingerprint density at radius 1 is 1.30 bits per heavy atom. The van der Waals surface area contributed by atoms with Crippen LogP contribution in [0.1, 0.15) is 51.1 Å². The number of nitrogens with two attached hydrogens (primary N) is 1. The third kappa shape index (κ3) is 3.55. The number of rotatable bonds is 4. The monoisotopic (exact) mass is 294 g/mol. The minimum absolute atomic E-state index is 0.0668. The normalized spacial score (nSPS) is 26.5. The van der Waals surface area contributed by atoms with Gasteiger partial charge in [0.25, 0.3) is 0 Å². The molecule has 1 aliphatic rings. The summed E-state index contributed by atoms with van der Waals surface area (Å²) in [6, 6.07) is 8.98. The molecule has 4 atom stereocenters. The highest BCUT2D eigenvalue weighted by molar-refractivity contribution is 6.31. The second kappa shape index (κ2) is 6.93. The van der Waals surface area contributed by atoms with Crippen molar-refractivity contribution in [2.75, 3.05) is 7.05 Å². The third-order valence-electron chi connectivity index (χ3n) is 4.65. The first-order valence-corrected chi connectivity index (χ1v) is 8.10. The molecule has 1 aromatic carbocycles. The molecular formula is C17H27ClN2. The highest BCUT2D eigenvalue weighted by atomic mass is 35.5. The number of hydrogen-bond acceptors (Lipinski definition) is 2. The minimum atomic E-state index is 0.0668. The van der Waals surface area contributed by atoms with E-state index in [0.29, 0.717) is 6.04 Å². The molecule has 0 aliphatic heterocycles. The summed E-state index contributed by atoms with van der Waals surface area (Å²) in [5.41, 5.74) is 7.44. The van der Waals surface area contributed by atoms with Crippen molar-refractivity contribution in [3.8, 4) is 0 Å². The third-order valence-corrected chi connectivity index (χ3v) is 4.99. The SMILES string of the molecule is CC1CCCC(N(C)C(c2ccccc2Cl)C(C)N)C1. The van der Waals surface area contributed by atoms with Crippen molar-refractivity contribution in [3.63, 3.8) is 0 Å². The molecular weight excluding hydrogens is 268 g/mol. The topological polar surface area (TPSA) is 29.3 Å². The summed E-state index contributed by atoms with van der Waals surface area (Å²) in [7, 11) is 2.21. The van der Waals surface area contributed by atoms with Crippen LogP contribution in [0.4, 0.5) is 0 Å². The summed E-state index contributed by atoms with van der Waals surface area (Å²) in [5, 5.41) is 0.825. The molecule has 112 valence electrons. The molecule has 0 bridgehead atoms. The van der Waals surface area contributed by atoms with Gasteiger partial charge in [-0.25, -0.2) is 0 Å². The lowest BCUT2D eigenvalue weighted by Gasteiger charge is -2.41. The maximum Gasteiger partial charge on any atom is 0.0511 e. The lowest BCUT2D eigenvalue weighted by molar-refractivity contribution is 0.106. The lowest BCUT2D eigenvalue weighted by Crippen LogP contribution is -2.44. The molecule has 4 unspecified atom stereocenters. The molecule has 3 heteroatoms. The van der Waals surface area contributed by atoms with Gasteiger partial charge in [0.2, 0.25) is 0 Å². The van der Waals surface area contributed by atoms with Crippen molar-refractivity contribution in [3.05, 3.63) is 34.9 Å². The summed E-state index contributed by atoms with van der Waals surface area (Å²) in [5.74, 6) is 0.816. The molecule has 0 radical (unpaired) electrons. The van der Waals surface area contributed by atoms with Gasteiger partial charge in [-0.05, 0) is 44.4 Å². The molecule has 0 saturated heterocycles. The van der Waals surface area contributed by atoms with Crippen molar-refractivity contribution in [1.29, 1.82) is 0 Å². The zero-order valence-electron chi connectivity index (χ0n) is 12.8. The molecule has 0 heterocycles. The number of nitrogens with zero attached hydrogens (tertiary/aromatic N) is 1. The van der Waals surface area contributed by atoms with Crippen LogP contribution in [-0.4, -0.2) is 24.0 Å². The zero-order valence-corrected chi connectivity index (χ0v) is 13.6. The molecule has 0 amide bonds. The van der Waals surface area contributed by atoms with Crippen LogP contribution in [0.3, 0.4) is 0 Å². The molecule has 2 nitrogen and oxygen atoms in total. The van der Waals surface area contributed by atoms with E-state index in [1.165, 1.54) is 25.7 Å². The predicted molar refractivity (Wildman–Crippen MR) is 87.0 cm³/mol. The van der Waals surface area contributed by atoms with Gasteiger partial charge in [-0.3, -0.25) is 4.90 Å². The van der Waals surface area contributed by atoms with Crippen LogP contribution in [0.5, 0.6) is 0 Å². The van der Waals surface area contributed by atoms with Crippen LogP contribution in [0.2, 0.25) is 5.02 Å². The van der Waals surface area contributed by atoms with Crippen LogP contribution in [0.15, 0.2) is 24.3 Å². The van der Waals surface area contributed by atoms with E-state index in [1.54, 1.807) is 0 Å². The lowest BCUT2D eigenvalue weighted by atomic mass is 9.85. The van der Waals surface area contributed by atoms with Gasteiger partial charge in [-0.1, -0.05) is 49.6 Å². The smallest absolute Gasteiger partial charge is 0.0511 e. The van der Waals surface area contributed by atoms with Crippen molar-refractivity contribution in [2.45, 2.75) is 57.7 Å². The Morgan fingerprint density at radius 2 is 2.00 bits per heavy atom. The molecule has 20 heavy (non-hydrogen) atoms. The Balaban J connectivity index is 2.22. The summed E-state index contributed by atoms with van der Waals surface area (Å²) in [4.78, 5) is 2.46. The van der Waals surface area contributed by atoms with E-state index in [9.17, 15) is 0 Å². The fourth-order valence-corrected chi connectivity index (χ4v) is 3.84. The van der Waals surface area contributed by atoms with Crippen LogP contribution in [-0.2, 0) is 0 Å². The molecule has 1 aliphatic carbocycles. The van der Waals surface area contributed by atoms with Crippen molar-refractivity contribution in [1.82, 2.24) is 4.90 Å². The van der Waals surface area contributed by atoms with E-state index in [0.717, 1.165) is 16.5 Å². The zero-order chi connectivity index (χ0) is 14.7. The van der Waals surface area contributed by atoms with Gasteiger partial charge in [-0.15, -0.1) is 0 Å². The van der Waals surface area contributed by atoms with Gasteiger partial charge in [0, 0.05) is 17.1 Å². The average molecular weight is 295 g/mol. The van der Waals surface area contributed by atoms with Crippen molar-refractivity contribution in [2.24, 2.45) is 11.7 Å². The van der Waals surface area contributed by atoms with Crippen LogP contribution in [0, 0.1) is 5.92 Å². The van der Waals surface area contributed by atoms with Gasteiger partial charge in [0.05, 0.1) is 6.04 Å². The van der Waals surface area contributed by atoms with Gasteiger partial charge in [0.15, 0.2) is 0 Å². The average Bonchev–Trinajstić information content (AvgIpc) is 2.40. The molecule has 2 N–H and O–H groups in total. The largest absolute Gasteiger partial charge is 0.326 e. The van der Waals surface area contributed by atoms with E-state index in [2.05, 4.69) is 31.9 Å². The highest BCUT2D eigenvalue weighted by Crippen LogP contribution is 2.35. The minimum Gasteiger partial charge on any atom is -0.326 e. The molecule has 0 spiro atoms. The molecule has 1 saturated carbocycles. The van der Waals surface area contributed by atoms with Gasteiger partial charge in [0.1, 0.15) is 0 Å². The van der Waals surface area contributed by atoms with Crippen LogP contribution in [0.25, 0.3) is 0 Å². The summed E-state index contributed by atoms with van der Waals surface area (Å²) in [6.45, 7) is 4.44.